The van der Waals surface area contributed by atoms with E-state index in [1.54, 1.807) is 0 Å². The smallest absolute Gasteiger partial charge is 0.228 e. The van der Waals surface area contributed by atoms with Gasteiger partial charge >= 0.3 is 0 Å². The fraction of sp³-hybridized carbons (Fsp3) is 0.562. The Morgan fingerprint density at radius 2 is 2.00 bits per heavy atom. The third kappa shape index (κ3) is 2.40. The minimum absolute atomic E-state index is 0.196. The lowest BCUT2D eigenvalue weighted by Crippen LogP contribution is -2.31. The number of carbonyl (C=O) groups is 1. The molecule has 1 saturated carbocycles. The van der Waals surface area contributed by atoms with Crippen LogP contribution >= 0.6 is 0 Å². The van der Waals surface area contributed by atoms with Crippen LogP contribution in [0.2, 0.25) is 0 Å². The number of anilines is 2. The molecule has 1 spiro atoms. The monoisotopic (exact) mass is 273 g/mol. The summed E-state index contributed by atoms with van der Waals surface area (Å²) in [7, 11) is 3.99. The van der Waals surface area contributed by atoms with E-state index in [9.17, 15) is 4.79 Å². The normalized spacial score (nSPS) is 23.4. The summed E-state index contributed by atoms with van der Waals surface area (Å²) in [5.41, 5.74) is 2.27. The zero-order chi connectivity index (χ0) is 14.2. The summed E-state index contributed by atoms with van der Waals surface area (Å²) in [4.78, 5) is 14.5. The van der Waals surface area contributed by atoms with Gasteiger partial charge in [-0.3, -0.25) is 4.79 Å². The first kappa shape index (κ1) is 13.4. The van der Waals surface area contributed by atoms with Gasteiger partial charge in [-0.25, -0.2) is 0 Å². The Balaban J connectivity index is 1.68. The van der Waals surface area contributed by atoms with E-state index < -0.39 is 0 Å². The Hall–Kier alpha value is -1.55. The Kier molecular flexibility index (Phi) is 3.42. The van der Waals surface area contributed by atoms with Crippen LogP contribution in [-0.2, 0) is 4.79 Å². The van der Waals surface area contributed by atoms with Gasteiger partial charge in [0.2, 0.25) is 5.91 Å². The van der Waals surface area contributed by atoms with Crippen LogP contribution in [0.25, 0.3) is 0 Å². The van der Waals surface area contributed by atoms with Crippen molar-refractivity contribution in [2.24, 2.45) is 11.3 Å². The van der Waals surface area contributed by atoms with Gasteiger partial charge in [-0.2, -0.15) is 0 Å². The molecule has 1 saturated heterocycles. The van der Waals surface area contributed by atoms with Gasteiger partial charge in [-0.1, -0.05) is 12.1 Å². The van der Waals surface area contributed by atoms with E-state index in [-0.39, 0.29) is 11.8 Å². The molecule has 108 valence electrons. The molecule has 1 unspecified atom stereocenters. The van der Waals surface area contributed by atoms with Crippen LogP contribution in [0, 0.1) is 11.3 Å². The highest BCUT2D eigenvalue weighted by molar-refractivity contribution is 5.97. The highest BCUT2D eigenvalue weighted by atomic mass is 16.2. The summed E-state index contributed by atoms with van der Waals surface area (Å²) in [6, 6.07) is 7.97. The van der Waals surface area contributed by atoms with E-state index in [0.717, 1.165) is 43.7 Å². The second kappa shape index (κ2) is 5.09. The molecule has 2 aliphatic rings. The van der Waals surface area contributed by atoms with Crippen molar-refractivity contribution in [2.45, 2.75) is 19.3 Å². The average Bonchev–Trinajstić information content (AvgIpc) is 3.13. The fourth-order valence-electron chi connectivity index (χ4n) is 3.38. The molecule has 1 heterocycles. The van der Waals surface area contributed by atoms with Crippen molar-refractivity contribution in [2.75, 3.05) is 37.4 Å². The van der Waals surface area contributed by atoms with Crippen LogP contribution < -0.4 is 15.5 Å². The first-order chi connectivity index (χ1) is 9.62. The predicted octanol–water partition coefficient (Wildman–Crippen LogP) is 2.08. The molecule has 4 heteroatoms. The van der Waals surface area contributed by atoms with Gasteiger partial charge in [-0.15, -0.1) is 0 Å². The molecule has 20 heavy (non-hydrogen) atoms. The van der Waals surface area contributed by atoms with E-state index in [4.69, 9.17) is 0 Å². The standard InChI is InChI=1S/C16H23N3O/c1-19(2)14-6-4-3-5-13(14)18-15(20)12-11-16(12)7-9-17-10-8-16/h3-6,12,17H,7-11H2,1-2H3,(H,18,20). The first-order valence-corrected chi connectivity index (χ1v) is 7.40. The molecular formula is C16H23N3O. The van der Waals surface area contributed by atoms with Crippen LogP contribution in [-0.4, -0.2) is 33.1 Å². The number of para-hydroxylation sites is 2. The maximum absolute atomic E-state index is 12.5. The first-order valence-electron chi connectivity index (χ1n) is 7.40. The van der Waals surface area contributed by atoms with Crippen molar-refractivity contribution in [3.05, 3.63) is 24.3 Å². The molecule has 0 bridgehead atoms. The third-order valence-electron chi connectivity index (χ3n) is 4.75. The van der Waals surface area contributed by atoms with Crippen molar-refractivity contribution < 1.29 is 4.79 Å². The lowest BCUT2D eigenvalue weighted by molar-refractivity contribution is -0.118. The lowest BCUT2D eigenvalue weighted by atomic mass is 9.92. The molecule has 1 aromatic carbocycles. The van der Waals surface area contributed by atoms with Gasteiger partial charge < -0.3 is 15.5 Å². The summed E-state index contributed by atoms with van der Waals surface area (Å²) < 4.78 is 0. The number of nitrogens with one attached hydrogen (secondary N) is 2. The maximum atomic E-state index is 12.5. The van der Waals surface area contributed by atoms with Crippen LogP contribution in [0.5, 0.6) is 0 Å². The zero-order valence-corrected chi connectivity index (χ0v) is 12.3. The van der Waals surface area contributed by atoms with Gasteiger partial charge in [-0.05, 0) is 49.9 Å². The number of rotatable bonds is 3. The highest BCUT2D eigenvalue weighted by Gasteiger charge is 2.57. The van der Waals surface area contributed by atoms with Gasteiger partial charge in [0.05, 0.1) is 11.4 Å². The summed E-state index contributed by atoms with van der Waals surface area (Å²) in [5, 5.41) is 6.50. The van der Waals surface area contributed by atoms with E-state index >= 15 is 0 Å². The largest absolute Gasteiger partial charge is 0.376 e. The maximum Gasteiger partial charge on any atom is 0.228 e. The number of carbonyl (C=O) groups excluding carboxylic acids is 1. The van der Waals surface area contributed by atoms with E-state index in [2.05, 4.69) is 10.6 Å². The van der Waals surface area contributed by atoms with Gasteiger partial charge in [0.15, 0.2) is 0 Å². The summed E-state index contributed by atoms with van der Waals surface area (Å²) in [6.07, 6.45) is 3.34. The molecule has 0 radical (unpaired) electrons. The minimum Gasteiger partial charge on any atom is -0.376 e. The SMILES string of the molecule is CN(C)c1ccccc1NC(=O)C1CC12CCNCC2. The Morgan fingerprint density at radius 3 is 2.70 bits per heavy atom. The summed E-state index contributed by atoms with van der Waals surface area (Å²) in [6.45, 7) is 2.11. The van der Waals surface area contributed by atoms with Gasteiger partial charge in [0.25, 0.3) is 0 Å². The number of amides is 1. The van der Waals surface area contributed by atoms with E-state index in [1.165, 1.54) is 0 Å². The summed E-state index contributed by atoms with van der Waals surface area (Å²) in [5.74, 6) is 0.404. The number of hydrogen-bond acceptors (Lipinski definition) is 3. The topological polar surface area (TPSA) is 44.4 Å². The molecule has 1 atom stereocenters. The quantitative estimate of drug-likeness (QED) is 0.886. The van der Waals surface area contributed by atoms with Gasteiger partial charge in [0, 0.05) is 20.0 Å². The second-order valence-electron chi connectivity index (χ2n) is 6.27. The minimum atomic E-state index is 0.196. The van der Waals surface area contributed by atoms with E-state index in [1.807, 2.05) is 43.3 Å². The molecule has 2 N–H and O–H groups in total. The van der Waals surface area contributed by atoms with Crippen molar-refractivity contribution >= 4 is 17.3 Å². The number of benzene rings is 1. The summed E-state index contributed by atoms with van der Waals surface area (Å²) >= 11 is 0. The van der Waals surface area contributed by atoms with Crippen LogP contribution in [0.15, 0.2) is 24.3 Å². The Labute approximate surface area is 120 Å². The molecule has 2 fully saturated rings. The molecule has 3 rings (SSSR count). The third-order valence-corrected chi connectivity index (χ3v) is 4.75. The number of hydrogen-bond donors (Lipinski definition) is 2. The number of piperidine rings is 1. The molecule has 1 amide bonds. The second-order valence-corrected chi connectivity index (χ2v) is 6.27. The lowest BCUT2D eigenvalue weighted by Gasteiger charge is -2.23. The van der Waals surface area contributed by atoms with Crippen molar-refractivity contribution in [1.29, 1.82) is 0 Å². The van der Waals surface area contributed by atoms with Crippen LogP contribution in [0.4, 0.5) is 11.4 Å². The highest BCUT2D eigenvalue weighted by Crippen LogP contribution is 2.58. The predicted molar refractivity (Wildman–Crippen MR) is 82.0 cm³/mol. The number of nitrogens with zero attached hydrogens (tertiary/aromatic N) is 1. The fourth-order valence-corrected chi connectivity index (χ4v) is 3.38. The van der Waals surface area contributed by atoms with Crippen LogP contribution in [0.3, 0.4) is 0 Å². The average molecular weight is 273 g/mol. The van der Waals surface area contributed by atoms with Gasteiger partial charge in [0.1, 0.15) is 0 Å². The molecule has 1 aliphatic heterocycles. The zero-order valence-electron chi connectivity index (χ0n) is 12.3. The Bertz CT molecular complexity index is 506. The van der Waals surface area contributed by atoms with Crippen molar-refractivity contribution in [3.8, 4) is 0 Å². The molecule has 1 aliphatic carbocycles. The molecular weight excluding hydrogens is 250 g/mol. The van der Waals surface area contributed by atoms with Crippen molar-refractivity contribution in [1.82, 2.24) is 5.32 Å². The van der Waals surface area contributed by atoms with E-state index in [0.29, 0.717) is 5.41 Å². The van der Waals surface area contributed by atoms with Crippen LogP contribution in [0.1, 0.15) is 19.3 Å². The Morgan fingerprint density at radius 1 is 1.30 bits per heavy atom. The van der Waals surface area contributed by atoms with Crippen molar-refractivity contribution in [3.63, 3.8) is 0 Å². The molecule has 4 nitrogen and oxygen atoms in total. The molecule has 1 aromatic rings. The molecule has 0 aromatic heterocycles.